The number of benzene rings is 1. The fourth-order valence-electron chi connectivity index (χ4n) is 2.17. The Labute approximate surface area is 174 Å². The number of ketones is 1. The van der Waals surface area contributed by atoms with Gasteiger partial charge in [0.1, 0.15) is 10.7 Å². The van der Waals surface area contributed by atoms with E-state index in [2.05, 4.69) is 16.0 Å². The van der Waals surface area contributed by atoms with Crippen LogP contribution in [-0.4, -0.2) is 36.7 Å². The molecule has 1 heterocycles. The Morgan fingerprint density at radius 1 is 0.871 bits per heavy atom. The lowest BCUT2D eigenvalue weighted by atomic mass is 10.1. The molecule has 1 aromatic carbocycles. The Morgan fingerprint density at radius 3 is 1.87 bits per heavy atom. The van der Waals surface area contributed by atoms with Crippen LogP contribution in [0, 0.1) is 0 Å². The van der Waals surface area contributed by atoms with E-state index < -0.39 is 54.3 Å². The largest absolute Gasteiger partial charge is 0.465 e. The molecule has 31 heavy (non-hydrogen) atoms. The van der Waals surface area contributed by atoms with Crippen LogP contribution in [0.5, 0.6) is 0 Å². The van der Waals surface area contributed by atoms with Gasteiger partial charge in [0.2, 0.25) is 5.78 Å². The van der Waals surface area contributed by atoms with Crippen LogP contribution >= 0.6 is 11.6 Å². The molecule has 0 aliphatic rings. The van der Waals surface area contributed by atoms with Gasteiger partial charge in [0.25, 0.3) is 9.84 Å². The number of halogens is 9. The van der Waals surface area contributed by atoms with Gasteiger partial charge in [-0.1, -0.05) is 30.3 Å². The zero-order valence-electron chi connectivity index (χ0n) is 14.6. The van der Waals surface area contributed by atoms with Crippen molar-refractivity contribution in [2.45, 2.75) is 22.5 Å². The Bertz CT molecular complexity index is 1080. The van der Waals surface area contributed by atoms with Gasteiger partial charge in [-0.3, -0.25) is 4.79 Å². The summed E-state index contributed by atoms with van der Waals surface area (Å²) in [6.45, 7) is 0. The first-order valence-electron chi connectivity index (χ1n) is 7.78. The molecule has 0 fully saturated rings. The minimum Gasteiger partial charge on any atom is -0.465 e. The Balaban J connectivity index is 2.74. The molecule has 0 unspecified atom stereocenters. The van der Waals surface area contributed by atoms with E-state index >= 15 is 0 Å². The van der Waals surface area contributed by atoms with Gasteiger partial charge in [-0.25, -0.2) is 8.42 Å². The maximum Gasteiger partial charge on any atom is 0.418 e. The molecule has 0 saturated carbocycles. The fraction of sp³-hybridized carbons (Fsp3) is 0.235. The van der Waals surface area contributed by atoms with Crippen molar-refractivity contribution in [1.29, 1.82) is 0 Å². The molecule has 170 valence electrons. The number of hydrogen-bond acceptors (Lipinski definition) is 4. The number of allylic oxidation sites excluding steroid dienone is 1. The number of carbonyl (C=O) groups is 1. The summed E-state index contributed by atoms with van der Waals surface area (Å²) in [7, 11) is -7.03. The lowest BCUT2D eigenvalue weighted by molar-refractivity contribution is -0.326. The third-order valence-corrected chi connectivity index (χ3v) is 5.87. The Kier molecular flexibility index (Phi) is 6.36. The molecule has 2 aromatic rings. The maximum atomic E-state index is 14.3. The van der Waals surface area contributed by atoms with Crippen LogP contribution in [0.3, 0.4) is 0 Å². The number of carbonyl (C=O) groups excluding carboxylic acids is 1. The van der Waals surface area contributed by atoms with Crippen molar-refractivity contribution in [3.8, 4) is 0 Å². The zero-order valence-corrected chi connectivity index (χ0v) is 16.2. The summed E-state index contributed by atoms with van der Waals surface area (Å²) in [5.41, 5.74) is -0.613. The molecule has 0 amide bonds. The molecule has 0 spiro atoms. The second-order valence-corrected chi connectivity index (χ2v) is 8.32. The lowest BCUT2D eigenvalue weighted by Gasteiger charge is -2.34. The van der Waals surface area contributed by atoms with Gasteiger partial charge in [-0.2, -0.15) is 35.1 Å². The third kappa shape index (κ3) is 4.07. The van der Waals surface area contributed by atoms with Crippen molar-refractivity contribution in [2.24, 2.45) is 0 Å². The molecule has 0 atom stereocenters. The van der Waals surface area contributed by atoms with Gasteiger partial charge in [0, 0.05) is 11.6 Å². The number of sulfone groups is 1. The van der Waals surface area contributed by atoms with Crippen LogP contribution in [0.2, 0.25) is 0 Å². The van der Waals surface area contributed by atoms with Gasteiger partial charge >= 0.3 is 22.5 Å². The van der Waals surface area contributed by atoms with Crippen LogP contribution < -0.4 is 0 Å². The lowest BCUT2D eigenvalue weighted by Crippen LogP contribution is -2.63. The van der Waals surface area contributed by atoms with Crippen molar-refractivity contribution >= 4 is 33.3 Å². The van der Waals surface area contributed by atoms with Gasteiger partial charge in [0.15, 0.2) is 0 Å². The molecule has 0 radical (unpaired) electrons. The first-order chi connectivity index (χ1) is 14.0. The topological polar surface area (TPSA) is 64.3 Å². The number of rotatable bonds is 8. The predicted molar refractivity (Wildman–Crippen MR) is 92.0 cm³/mol. The summed E-state index contributed by atoms with van der Waals surface area (Å²) in [6, 6.07) is 7.46. The third-order valence-electron chi connectivity index (χ3n) is 3.82. The molecule has 14 heteroatoms. The maximum absolute atomic E-state index is 14.3. The van der Waals surface area contributed by atoms with E-state index in [1.54, 1.807) is 0 Å². The van der Waals surface area contributed by atoms with E-state index in [0.29, 0.717) is 0 Å². The fourth-order valence-corrected chi connectivity index (χ4v) is 3.66. The van der Waals surface area contributed by atoms with E-state index in [9.17, 15) is 48.3 Å². The highest BCUT2D eigenvalue weighted by atomic mass is 35.5. The van der Waals surface area contributed by atoms with Crippen LogP contribution in [0.4, 0.5) is 35.1 Å². The van der Waals surface area contributed by atoms with Crippen molar-refractivity contribution < 1.29 is 52.8 Å². The second-order valence-electron chi connectivity index (χ2n) is 5.89. The molecule has 1 aromatic heterocycles. The van der Waals surface area contributed by atoms with Crippen molar-refractivity contribution in [2.75, 3.05) is 0 Å². The number of Topliss-reactive ketones (excluding diaryl/α,β-unsaturated/α-hetero) is 1. The molecule has 0 N–H and O–H groups in total. The first kappa shape index (κ1) is 24.9. The number of hydrogen-bond donors (Lipinski definition) is 0. The van der Waals surface area contributed by atoms with E-state index in [0.717, 1.165) is 42.7 Å². The summed E-state index contributed by atoms with van der Waals surface area (Å²) < 4.78 is 138. The van der Waals surface area contributed by atoms with Crippen LogP contribution in [0.1, 0.15) is 16.1 Å². The van der Waals surface area contributed by atoms with Crippen LogP contribution in [0.25, 0.3) is 6.08 Å². The predicted octanol–water partition coefficient (Wildman–Crippen LogP) is 5.61. The molecule has 0 aliphatic heterocycles. The smallest absolute Gasteiger partial charge is 0.418 e. The summed E-state index contributed by atoms with van der Waals surface area (Å²) in [6.07, 6.45) is 0.962. The summed E-state index contributed by atoms with van der Waals surface area (Å²) in [4.78, 5) is 10.4. The minimum atomic E-state index is -7.23. The van der Waals surface area contributed by atoms with Gasteiger partial charge in [-0.15, -0.1) is 0 Å². The minimum absolute atomic E-state index is 0.0750. The molecule has 0 bridgehead atoms. The van der Waals surface area contributed by atoms with Crippen molar-refractivity contribution in [1.82, 2.24) is 0 Å². The van der Waals surface area contributed by atoms with Crippen molar-refractivity contribution in [3.05, 3.63) is 65.0 Å². The molecule has 4 nitrogen and oxygen atoms in total. The molecular formula is C17H9ClF8O4S. The Morgan fingerprint density at radius 2 is 1.42 bits per heavy atom. The number of furan rings is 1. The van der Waals surface area contributed by atoms with E-state index in [1.807, 2.05) is 0 Å². The van der Waals surface area contributed by atoms with E-state index in [4.69, 9.17) is 0 Å². The van der Waals surface area contributed by atoms with Gasteiger partial charge in [-0.05, 0) is 23.7 Å². The molecular weight excluding hydrogens is 488 g/mol. The molecule has 0 saturated heterocycles. The van der Waals surface area contributed by atoms with Crippen molar-refractivity contribution in [3.63, 3.8) is 0 Å². The first-order valence-corrected chi connectivity index (χ1v) is 9.64. The van der Waals surface area contributed by atoms with E-state index in [1.165, 1.54) is 6.07 Å². The van der Waals surface area contributed by atoms with Crippen LogP contribution in [-0.2, 0) is 9.84 Å². The average Bonchev–Trinajstić information content (AvgIpc) is 3.18. The van der Waals surface area contributed by atoms with E-state index in [-0.39, 0.29) is 6.08 Å². The SMILES string of the molecule is O=C(/C(=C\c1ccco1)S(=O)(=O)C(F)(F)C(F)(F)C(F)(F)C(F)(F)Cl)c1ccccc1. The quantitative estimate of drug-likeness (QED) is 0.206. The van der Waals surface area contributed by atoms with Gasteiger partial charge < -0.3 is 4.42 Å². The molecule has 0 aliphatic carbocycles. The average molecular weight is 497 g/mol. The number of alkyl halides is 9. The summed E-state index contributed by atoms with van der Waals surface area (Å²) in [5, 5.41) is -13.2. The monoisotopic (exact) mass is 496 g/mol. The zero-order chi connectivity index (χ0) is 23.9. The Hall–Kier alpha value is -2.41. The highest BCUT2D eigenvalue weighted by molar-refractivity contribution is 7.97. The highest BCUT2D eigenvalue weighted by Crippen LogP contribution is 2.56. The van der Waals surface area contributed by atoms with Crippen LogP contribution in [0.15, 0.2) is 58.1 Å². The molecule has 2 rings (SSSR count). The summed E-state index contributed by atoms with van der Waals surface area (Å²) >= 11 is 3.83. The standard InChI is InChI=1S/C17H9ClF8O4S/c18-16(23,24)14(19,20)15(21,22)17(25,26)31(28,29)12(9-11-7-4-8-30-11)13(27)10-5-2-1-3-6-10/h1-9H/b12-9+. The highest BCUT2D eigenvalue weighted by Gasteiger charge is 2.84. The second kappa shape index (κ2) is 7.93. The van der Waals surface area contributed by atoms with Gasteiger partial charge in [0.05, 0.1) is 6.26 Å². The normalized spacial score (nSPS) is 14.5. The summed E-state index contributed by atoms with van der Waals surface area (Å²) in [5.74, 6) is -16.7.